The van der Waals surface area contributed by atoms with Crippen LogP contribution in [0.2, 0.25) is 0 Å². The lowest BCUT2D eigenvalue weighted by atomic mass is 9.93. The molecule has 0 aromatic heterocycles. The van der Waals surface area contributed by atoms with Gasteiger partial charge in [-0.1, -0.05) is 12.2 Å². The molecule has 0 aromatic rings. The minimum Gasteiger partial charge on any atom is -0.458 e. The summed E-state index contributed by atoms with van der Waals surface area (Å²) in [5, 5.41) is 0. The summed E-state index contributed by atoms with van der Waals surface area (Å²) >= 11 is 0. The molecule has 3 rings (SSSR count). The SMILES string of the molecule is CC(C)(OC(=O)C1CC2C=CC1C2)C1CCC(=O)O1. The maximum Gasteiger partial charge on any atom is 0.310 e. The summed E-state index contributed by atoms with van der Waals surface area (Å²) in [6.45, 7) is 3.66. The summed E-state index contributed by atoms with van der Waals surface area (Å²) in [5.74, 6) is 0.558. The van der Waals surface area contributed by atoms with E-state index in [4.69, 9.17) is 9.47 Å². The number of esters is 2. The topological polar surface area (TPSA) is 52.6 Å². The molecule has 3 aliphatic rings. The fraction of sp³-hybridized carbons (Fsp3) is 0.733. The monoisotopic (exact) mass is 264 g/mol. The summed E-state index contributed by atoms with van der Waals surface area (Å²) in [7, 11) is 0. The van der Waals surface area contributed by atoms with Gasteiger partial charge in [-0.3, -0.25) is 9.59 Å². The average molecular weight is 264 g/mol. The molecule has 4 atom stereocenters. The number of carbonyl (C=O) groups excluding carboxylic acids is 2. The molecule has 19 heavy (non-hydrogen) atoms. The second-order valence-corrected chi connectivity index (χ2v) is 6.43. The number of allylic oxidation sites excluding steroid dienone is 2. The maximum atomic E-state index is 12.3. The van der Waals surface area contributed by atoms with Crippen LogP contribution in [0.5, 0.6) is 0 Å². The van der Waals surface area contributed by atoms with Crippen LogP contribution in [0.4, 0.5) is 0 Å². The van der Waals surface area contributed by atoms with E-state index >= 15 is 0 Å². The average Bonchev–Trinajstić information content (AvgIpc) is 3.02. The highest BCUT2D eigenvalue weighted by atomic mass is 16.6. The summed E-state index contributed by atoms with van der Waals surface area (Å²) in [5.41, 5.74) is -0.727. The van der Waals surface area contributed by atoms with Gasteiger partial charge in [0.15, 0.2) is 0 Å². The van der Waals surface area contributed by atoms with E-state index in [0.717, 1.165) is 12.8 Å². The van der Waals surface area contributed by atoms with Crippen molar-refractivity contribution in [2.75, 3.05) is 0 Å². The van der Waals surface area contributed by atoms with E-state index in [0.29, 0.717) is 24.7 Å². The molecule has 104 valence electrons. The van der Waals surface area contributed by atoms with Crippen LogP contribution in [0.25, 0.3) is 0 Å². The first-order valence-corrected chi connectivity index (χ1v) is 7.06. The van der Waals surface area contributed by atoms with Crippen LogP contribution < -0.4 is 0 Å². The van der Waals surface area contributed by atoms with Gasteiger partial charge in [-0.05, 0) is 44.9 Å². The maximum absolute atomic E-state index is 12.3. The van der Waals surface area contributed by atoms with Gasteiger partial charge in [0.1, 0.15) is 11.7 Å². The minimum absolute atomic E-state index is 0.00798. The Morgan fingerprint density at radius 3 is 2.68 bits per heavy atom. The van der Waals surface area contributed by atoms with Crippen LogP contribution in [0.1, 0.15) is 39.5 Å². The molecule has 1 saturated carbocycles. The molecule has 4 unspecified atom stereocenters. The van der Waals surface area contributed by atoms with Crippen molar-refractivity contribution in [3.8, 4) is 0 Å². The third-order valence-corrected chi connectivity index (χ3v) is 4.61. The van der Waals surface area contributed by atoms with Crippen LogP contribution in [0.3, 0.4) is 0 Å². The van der Waals surface area contributed by atoms with E-state index in [1.165, 1.54) is 0 Å². The summed E-state index contributed by atoms with van der Waals surface area (Å²) in [6, 6.07) is 0. The van der Waals surface area contributed by atoms with Crippen molar-refractivity contribution < 1.29 is 19.1 Å². The molecule has 4 nitrogen and oxygen atoms in total. The summed E-state index contributed by atoms with van der Waals surface area (Å²) in [4.78, 5) is 23.5. The van der Waals surface area contributed by atoms with Crippen molar-refractivity contribution in [3.63, 3.8) is 0 Å². The zero-order valence-corrected chi connectivity index (χ0v) is 11.4. The number of hydrogen-bond acceptors (Lipinski definition) is 4. The Labute approximate surface area is 113 Å². The Morgan fingerprint density at radius 2 is 2.16 bits per heavy atom. The van der Waals surface area contributed by atoms with Crippen molar-refractivity contribution >= 4 is 11.9 Å². The third kappa shape index (κ3) is 2.28. The fourth-order valence-electron chi connectivity index (χ4n) is 3.47. The molecule has 2 fully saturated rings. The first-order chi connectivity index (χ1) is 8.95. The Morgan fingerprint density at radius 1 is 1.37 bits per heavy atom. The van der Waals surface area contributed by atoms with E-state index in [1.54, 1.807) is 0 Å². The fourth-order valence-corrected chi connectivity index (χ4v) is 3.47. The Bertz CT molecular complexity index is 437. The number of fused-ring (bicyclic) bond motifs is 2. The lowest BCUT2D eigenvalue weighted by Gasteiger charge is -2.32. The summed E-state index contributed by atoms with van der Waals surface area (Å²) in [6.07, 6.45) is 7.08. The van der Waals surface area contributed by atoms with Gasteiger partial charge >= 0.3 is 11.9 Å². The quantitative estimate of drug-likeness (QED) is 0.579. The highest BCUT2D eigenvalue weighted by Gasteiger charge is 2.45. The zero-order chi connectivity index (χ0) is 13.6. The van der Waals surface area contributed by atoms with Crippen LogP contribution >= 0.6 is 0 Å². The number of carbonyl (C=O) groups is 2. The van der Waals surface area contributed by atoms with E-state index in [2.05, 4.69) is 12.2 Å². The molecule has 2 aliphatic carbocycles. The van der Waals surface area contributed by atoms with Crippen LogP contribution in [0.15, 0.2) is 12.2 Å². The smallest absolute Gasteiger partial charge is 0.310 e. The van der Waals surface area contributed by atoms with E-state index in [1.807, 2.05) is 13.8 Å². The first-order valence-electron chi connectivity index (χ1n) is 7.06. The van der Waals surface area contributed by atoms with Gasteiger partial charge in [0.2, 0.25) is 0 Å². The van der Waals surface area contributed by atoms with Crippen molar-refractivity contribution in [3.05, 3.63) is 12.2 Å². The molecule has 0 radical (unpaired) electrons. The van der Waals surface area contributed by atoms with Crippen LogP contribution in [-0.2, 0) is 19.1 Å². The van der Waals surface area contributed by atoms with Gasteiger partial charge in [-0.15, -0.1) is 0 Å². The van der Waals surface area contributed by atoms with Crippen molar-refractivity contribution in [2.45, 2.75) is 51.2 Å². The molecule has 1 heterocycles. The lowest BCUT2D eigenvalue weighted by molar-refractivity contribution is -0.178. The number of cyclic esters (lactones) is 1. The second-order valence-electron chi connectivity index (χ2n) is 6.43. The molecule has 0 spiro atoms. The highest BCUT2D eigenvalue weighted by molar-refractivity contribution is 5.75. The standard InChI is InChI=1S/C15H20O4/c1-15(2,12-5-6-13(16)18-12)19-14(17)11-8-9-3-4-10(11)7-9/h3-4,9-12H,5-8H2,1-2H3. The molecule has 0 amide bonds. The van der Waals surface area contributed by atoms with Gasteiger partial charge in [0, 0.05) is 6.42 Å². The van der Waals surface area contributed by atoms with Crippen molar-refractivity contribution in [2.24, 2.45) is 17.8 Å². The highest BCUT2D eigenvalue weighted by Crippen LogP contribution is 2.44. The van der Waals surface area contributed by atoms with Crippen LogP contribution in [0, 0.1) is 17.8 Å². The number of rotatable bonds is 3. The molecule has 0 aromatic carbocycles. The van der Waals surface area contributed by atoms with Gasteiger partial charge in [0.05, 0.1) is 5.92 Å². The van der Waals surface area contributed by atoms with E-state index in [9.17, 15) is 9.59 Å². The van der Waals surface area contributed by atoms with E-state index < -0.39 is 5.60 Å². The molecule has 4 heteroatoms. The normalized spacial score (nSPS) is 36.6. The molecular formula is C15H20O4. The van der Waals surface area contributed by atoms with Gasteiger partial charge in [0.25, 0.3) is 0 Å². The predicted octanol–water partition coefficient (Wildman–Crippen LogP) is 2.23. The van der Waals surface area contributed by atoms with Gasteiger partial charge in [-0.2, -0.15) is 0 Å². The largest absolute Gasteiger partial charge is 0.458 e. The van der Waals surface area contributed by atoms with E-state index in [-0.39, 0.29) is 24.0 Å². The van der Waals surface area contributed by atoms with Crippen molar-refractivity contribution in [1.29, 1.82) is 0 Å². The molecule has 2 bridgehead atoms. The summed E-state index contributed by atoms with van der Waals surface area (Å²) < 4.78 is 10.9. The van der Waals surface area contributed by atoms with Crippen LogP contribution in [-0.4, -0.2) is 23.6 Å². The Hall–Kier alpha value is -1.32. The second kappa shape index (κ2) is 4.36. The van der Waals surface area contributed by atoms with Crippen molar-refractivity contribution in [1.82, 2.24) is 0 Å². The molecular weight excluding hydrogens is 244 g/mol. The zero-order valence-electron chi connectivity index (χ0n) is 11.4. The number of ether oxygens (including phenoxy) is 2. The minimum atomic E-state index is -0.727. The lowest BCUT2D eigenvalue weighted by Crippen LogP contribution is -2.42. The Balaban J connectivity index is 1.62. The third-order valence-electron chi connectivity index (χ3n) is 4.61. The molecule has 1 saturated heterocycles. The first kappa shape index (κ1) is 12.7. The Kier molecular flexibility index (Phi) is 2.91. The van der Waals surface area contributed by atoms with Gasteiger partial charge < -0.3 is 9.47 Å². The molecule has 1 aliphatic heterocycles. The number of hydrogen-bond donors (Lipinski definition) is 0. The predicted molar refractivity (Wildman–Crippen MR) is 68.1 cm³/mol. The van der Waals surface area contributed by atoms with Gasteiger partial charge in [-0.25, -0.2) is 0 Å². The molecule has 0 N–H and O–H groups in total.